The maximum absolute atomic E-state index is 6.89. The highest BCUT2D eigenvalue weighted by Crippen LogP contribution is 2.55. The SMILES string of the molecule is CC1(C)c2ccccc2-c2ccc(-c3nc(-c4ccc5c(c4)C(C)(C)c4ccc(-c6cccc(-c7ccc(-c8nc(-c9ccc(-c%10ccc(-c%11cccc(-c%12ccc(-c%13nc(-c%14ccccc%14)nc(-n%14c%15ccccc%15c%15ccc%16c%17ccccc%17oc%16c%15%14)n%13)cc%12)c%11)cc%10)cc9)nc(-n9c%10ccccc%10c%10ccc%11c%12ccccc%12oc%11c%109)n8)cc7)c6)cc4-5)nc(-n4c5ccccc5c5ccc6c7ccccc7sc6c54)n3)cc21. The van der Waals surface area contributed by atoms with E-state index in [0.29, 0.717) is 52.8 Å². The molecule has 0 spiro atoms. The van der Waals surface area contributed by atoms with E-state index in [1.165, 1.54) is 64.7 Å². The molecule has 0 radical (unpaired) electrons. The number of hydrogen-bond donors (Lipinski definition) is 0. The van der Waals surface area contributed by atoms with Crippen LogP contribution in [0.4, 0.5) is 0 Å². The Balaban J connectivity index is 0.454. The topological polar surface area (TPSA) is 157 Å². The first-order chi connectivity index (χ1) is 73.8. The van der Waals surface area contributed by atoms with Crippen LogP contribution in [0.2, 0.25) is 0 Å². The van der Waals surface area contributed by atoms with Gasteiger partial charge in [0.15, 0.2) is 46.1 Å². The van der Waals surface area contributed by atoms with Gasteiger partial charge in [-0.3, -0.25) is 13.7 Å². The zero-order valence-electron chi connectivity index (χ0n) is 81.7. The van der Waals surface area contributed by atoms with Gasteiger partial charge >= 0.3 is 0 Å². The lowest BCUT2D eigenvalue weighted by atomic mass is 9.81. The number of fused-ring (bicyclic) bond motifs is 27. The molecule has 31 rings (SSSR count). The minimum atomic E-state index is -0.364. The molecule has 20 aromatic carbocycles. The van der Waals surface area contributed by atoms with Crippen molar-refractivity contribution in [2.45, 2.75) is 38.5 Å². The van der Waals surface area contributed by atoms with Crippen LogP contribution in [-0.2, 0) is 10.8 Å². The highest BCUT2D eigenvalue weighted by Gasteiger charge is 2.39. The number of furan rings is 2. The number of benzene rings is 20. The summed E-state index contributed by atoms with van der Waals surface area (Å²) in [6, 6.07) is 156. The third kappa shape index (κ3) is 13.1. The number of thiophene rings is 1. The van der Waals surface area contributed by atoms with Gasteiger partial charge in [-0.25, -0.2) is 15.0 Å². The summed E-state index contributed by atoms with van der Waals surface area (Å²) in [5.41, 5.74) is 34.6. The average Bonchev–Trinajstić information content (AvgIpc) is 1.56. The molecule has 0 amide bonds. The smallest absolute Gasteiger partial charge is 0.238 e. The summed E-state index contributed by atoms with van der Waals surface area (Å²) >= 11 is 1.83. The fraction of sp³-hybridized carbons (Fsp3) is 0.0444. The fourth-order valence-electron chi connectivity index (χ4n) is 24.0. The predicted molar refractivity (Wildman–Crippen MR) is 612 cm³/mol. The van der Waals surface area contributed by atoms with Crippen molar-refractivity contribution >= 4 is 141 Å². The normalized spacial score (nSPS) is 13.0. The summed E-state index contributed by atoms with van der Waals surface area (Å²) in [4.78, 5) is 49.0. The van der Waals surface area contributed by atoms with Crippen LogP contribution in [0.25, 0.3) is 294 Å². The van der Waals surface area contributed by atoms with Crippen molar-refractivity contribution < 1.29 is 8.83 Å². The molecule has 9 aromatic heterocycles. The Kier molecular flexibility index (Phi) is 18.5. The van der Waals surface area contributed by atoms with Crippen LogP contribution in [0.3, 0.4) is 0 Å². The van der Waals surface area contributed by atoms with E-state index in [9.17, 15) is 0 Å². The van der Waals surface area contributed by atoms with Gasteiger partial charge in [0.1, 0.15) is 22.2 Å². The van der Waals surface area contributed by atoms with Crippen LogP contribution in [0.1, 0.15) is 49.9 Å². The Hall–Kier alpha value is -19.4. The second-order valence-electron chi connectivity index (χ2n) is 40.6. The molecule has 29 aromatic rings. The van der Waals surface area contributed by atoms with E-state index < -0.39 is 0 Å². The van der Waals surface area contributed by atoms with Gasteiger partial charge in [0.05, 0.1) is 26.8 Å². The molecule has 2 aliphatic rings. The summed E-state index contributed by atoms with van der Waals surface area (Å²) in [5.74, 6) is 4.97. The van der Waals surface area contributed by atoms with Gasteiger partial charge < -0.3 is 8.83 Å². The second-order valence-corrected chi connectivity index (χ2v) is 41.7. The first-order valence-corrected chi connectivity index (χ1v) is 51.7. The summed E-state index contributed by atoms with van der Waals surface area (Å²) in [6.45, 7) is 9.36. The Bertz CT molecular complexity index is 10800. The molecule has 0 saturated carbocycles. The molecule has 0 saturated heterocycles. The zero-order valence-corrected chi connectivity index (χ0v) is 82.5. The second kappa shape index (κ2) is 32.6. The van der Waals surface area contributed by atoms with Gasteiger partial charge in [0.2, 0.25) is 17.8 Å². The number of rotatable bonds is 14. The highest BCUT2D eigenvalue weighted by molar-refractivity contribution is 7.26. The van der Waals surface area contributed by atoms with Gasteiger partial charge in [-0.1, -0.05) is 386 Å². The third-order valence-electron chi connectivity index (χ3n) is 31.5. The minimum Gasteiger partial charge on any atom is -0.454 e. The standard InChI is InChI=1S/C135H84N12O2S/c1-134(2)109-37-15-8-30-93(109)94-63-60-91(75-111(94)134)129-138-130(144-133(143-129)147-115-40-18-11-33-98(115)104-67-70-107-101-36-14-21-43-118(101)150-124(107)121(104)147)92-61-64-95-108-74-90(62-71-110(108)135(3,4)112(95)76-92)89-29-23-28-88(73-89)81-52-58-85(59-53-81)128-137-127(141-132(142-128)146-114-39-17-10-32-97(114)103-66-69-106-100-35-13-20-42-117(100)149-123(106)120(103)146)83-54-48-78(49-55-83)77-44-46-79(47-45-77)86-26-22-27-87(72-86)80-50-56-84(57-51-80)126-136-125(82-24-6-5-7-25-82)139-131(140-126)145-113-38-16-9-31-96(113)102-65-68-105-99-34-12-19-41-116(99)148-122(105)119(102)145/h5-76H,1-4H3. The maximum Gasteiger partial charge on any atom is 0.238 e. The van der Waals surface area contributed by atoms with Gasteiger partial charge in [0, 0.05) is 114 Å². The van der Waals surface area contributed by atoms with Gasteiger partial charge in [-0.05, 0) is 179 Å². The first-order valence-electron chi connectivity index (χ1n) is 50.8. The molecule has 0 N–H and O–H groups in total. The van der Waals surface area contributed by atoms with E-state index in [2.05, 4.69) is 424 Å². The van der Waals surface area contributed by atoms with E-state index in [1.807, 2.05) is 65.9 Å². The molecule has 0 fully saturated rings. The lowest BCUT2D eigenvalue weighted by Gasteiger charge is -2.22. The molecule has 0 aliphatic heterocycles. The lowest BCUT2D eigenvalue weighted by Crippen LogP contribution is -2.15. The van der Waals surface area contributed by atoms with E-state index in [4.69, 9.17) is 53.7 Å². The Morgan fingerprint density at radius 1 is 0.193 bits per heavy atom. The average molecular weight is 1940 g/mol. The van der Waals surface area contributed by atoms with E-state index in [0.717, 1.165) is 198 Å². The summed E-state index contributed by atoms with van der Waals surface area (Å²) in [5, 5.41) is 13.1. The van der Waals surface area contributed by atoms with Crippen LogP contribution in [0.15, 0.2) is 446 Å². The molecule has 150 heavy (non-hydrogen) atoms. The maximum atomic E-state index is 6.89. The van der Waals surface area contributed by atoms with Crippen molar-refractivity contribution in [3.8, 4) is 164 Å². The Labute approximate surface area is 863 Å². The first kappa shape index (κ1) is 85.1. The number of nitrogens with zero attached hydrogens (tertiary/aromatic N) is 12. The minimum absolute atomic E-state index is 0.232. The van der Waals surface area contributed by atoms with Gasteiger partial charge in [-0.15, -0.1) is 11.3 Å². The van der Waals surface area contributed by atoms with E-state index >= 15 is 0 Å². The predicted octanol–water partition coefficient (Wildman–Crippen LogP) is 34.6. The summed E-state index contributed by atoms with van der Waals surface area (Å²) in [6.07, 6.45) is 0. The van der Waals surface area contributed by atoms with Crippen molar-refractivity contribution in [3.63, 3.8) is 0 Å². The van der Waals surface area contributed by atoms with E-state index in [1.54, 1.807) is 0 Å². The van der Waals surface area contributed by atoms with Gasteiger partial charge in [-0.2, -0.15) is 29.9 Å². The molecule has 14 nitrogen and oxygen atoms in total. The van der Waals surface area contributed by atoms with Crippen molar-refractivity contribution in [1.29, 1.82) is 0 Å². The molecule has 0 bridgehead atoms. The van der Waals surface area contributed by atoms with Crippen molar-refractivity contribution in [2.75, 3.05) is 0 Å². The van der Waals surface area contributed by atoms with Crippen LogP contribution < -0.4 is 0 Å². The van der Waals surface area contributed by atoms with Crippen molar-refractivity contribution in [1.82, 2.24) is 58.6 Å². The van der Waals surface area contributed by atoms with Crippen LogP contribution >= 0.6 is 11.3 Å². The third-order valence-corrected chi connectivity index (χ3v) is 32.7. The summed E-state index contributed by atoms with van der Waals surface area (Å²) in [7, 11) is 0. The quantitative estimate of drug-likeness (QED) is 0.102. The van der Waals surface area contributed by atoms with Crippen LogP contribution in [0, 0.1) is 0 Å². The largest absolute Gasteiger partial charge is 0.454 e. The molecule has 0 atom stereocenters. The van der Waals surface area contributed by atoms with Crippen molar-refractivity contribution in [3.05, 3.63) is 459 Å². The number of aromatic nitrogens is 12. The molecular formula is C135H84N12O2S. The monoisotopic (exact) mass is 1940 g/mol. The molecule has 2 aliphatic carbocycles. The fourth-order valence-corrected chi connectivity index (χ4v) is 25.3. The number of hydrogen-bond acceptors (Lipinski definition) is 12. The van der Waals surface area contributed by atoms with Crippen LogP contribution in [0.5, 0.6) is 0 Å². The molecular weight excluding hydrogens is 1850 g/mol. The zero-order chi connectivity index (χ0) is 99.0. The summed E-state index contributed by atoms with van der Waals surface area (Å²) < 4.78 is 22.7. The molecule has 9 heterocycles. The number of para-hydroxylation sites is 5. The molecule has 15 heteroatoms. The van der Waals surface area contributed by atoms with Crippen molar-refractivity contribution in [2.24, 2.45) is 0 Å². The molecule has 702 valence electrons. The lowest BCUT2D eigenvalue weighted by molar-refractivity contribution is 0.660. The Morgan fingerprint density at radius 2 is 0.500 bits per heavy atom. The Morgan fingerprint density at radius 3 is 0.967 bits per heavy atom. The van der Waals surface area contributed by atoms with E-state index in [-0.39, 0.29) is 10.8 Å². The highest BCUT2D eigenvalue weighted by atomic mass is 32.1. The van der Waals surface area contributed by atoms with Crippen LogP contribution in [-0.4, -0.2) is 58.6 Å². The van der Waals surface area contributed by atoms with Gasteiger partial charge in [0.25, 0.3) is 0 Å². The molecule has 0 unspecified atom stereocenters.